The highest BCUT2D eigenvalue weighted by atomic mass is 16.3. The van der Waals surface area contributed by atoms with Gasteiger partial charge in [0.25, 0.3) is 0 Å². The van der Waals surface area contributed by atoms with E-state index in [1.54, 1.807) is 24.3 Å². The first kappa shape index (κ1) is 18.2. The third-order valence-corrected chi connectivity index (χ3v) is 4.43. The van der Waals surface area contributed by atoms with Gasteiger partial charge in [-0.25, -0.2) is 0 Å². The molecule has 3 aromatic rings. The number of phenols is 3. The van der Waals surface area contributed by atoms with Gasteiger partial charge >= 0.3 is 0 Å². The molecular formula is C22H22N2O3. The van der Waals surface area contributed by atoms with Crippen LogP contribution in [0.2, 0.25) is 0 Å². The third-order valence-electron chi connectivity index (χ3n) is 4.43. The monoisotopic (exact) mass is 362 g/mol. The second-order valence-electron chi connectivity index (χ2n) is 6.35. The Bertz CT molecular complexity index is 980. The summed E-state index contributed by atoms with van der Waals surface area (Å²) in [6, 6.07) is 15.8. The van der Waals surface area contributed by atoms with E-state index < -0.39 is 0 Å². The molecule has 0 amide bonds. The van der Waals surface area contributed by atoms with Gasteiger partial charge < -0.3 is 26.8 Å². The van der Waals surface area contributed by atoms with Crippen molar-refractivity contribution in [3.05, 3.63) is 71.8 Å². The van der Waals surface area contributed by atoms with Crippen molar-refractivity contribution in [2.75, 3.05) is 11.5 Å². The molecule has 0 fully saturated rings. The second kappa shape index (κ2) is 7.74. The number of aromatic hydroxyl groups is 3. The van der Waals surface area contributed by atoms with E-state index in [1.807, 2.05) is 30.3 Å². The van der Waals surface area contributed by atoms with Crippen molar-refractivity contribution >= 4 is 17.5 Å². The highest BCUT2D eigenvalue weighted by molar-refractivity contribution is 5.84. The molecule has 0 unspecified atom stereocenters. The highest BCUT2D eigenvalue weighted by Crippen LogP contribution is 2.39. The average Bonchev–Trinajstić information content (AvgIpc) is 2.66. The van der Waals surface area contributed by atoms with Crippen LogP contribution in [-0.2, 0) is 6.42 Å². The first-order chi connectivity index (χ1) is 13.0. The van der Waals surface area contributed by atoms with Gasteiger partial charge in [-0.1, -0.05) is 36.4 Å². The molecule has 0 saturated heterocycles. The number of nitrogens with two attached hydrogens (primary N) is 2. The van der Waals surface area contributed by atoms with Crippen LogP contribution in [0.25, 0.3) is 17.2 Å². The summed E-state index contributed by atoms with van der Waals surface area (Å²) in [6.07, 6.45) is 5.75. The molecule has 0 aliphatic rings. The summed E-state index contributed by atoms with van der Waals surface area (Å²) in [5.41, 5.74) is 16.2. The quantitative estimate of drug-likeness (QED) is 0.343. The van der Waals surface area contributed by atoms with E-state index in [-0.39, 0.29) is 22.9 Å². The molecule has 0 heterocycles. The number of allylic oxidation sites excluding steroid dienone is 1. The van der Waals surface area contributed by atoms with Crippen LogP contribution in [0.4, 0.5) is 11.4 Å². The molecular weight excluding hydrogens is 340 g/mol. The van der Waals surface area contributed by atoms with Gasteiger partial charge in [0, 0.05) is 11.3 Å². The smallest absolute Gasteiger partial charge is 0.181 e. The van der Waals surface area contributed by atoms with Gasteiger partial charge in [-0.2, -0.15) is 0 Å². The van der Waals surface area contributed by atoms with Gasteiger partial charge in [-0.15, -0.1) is 0 Å². The molecule has 0 aromatic heterocycles. The Morgan fingerprint density at radius 2 is 1.59 bits per heavy atom. The van der Waals surface area contributed by atoms with Crippen molar-refractivity contribution < 1.29 is 15.3 Å². The number of nitrogen functional groups attached to an aromatic ring is 2. The molecule has 0 aliphatic heterocycles. The van der Waals surface area contributed by atoms with Gasteiger partial charge in [0.2, 0.25) is 0 Å². The lowest BCUT2D eigenvalue weighted by molar-refractivity contribution is 0.406. The molecule has 0 spiro atoms. The predicted molar refractivity (Wildman–Crippen MR) is 109 cm³/mol. The van der Waals surface area contributed by atoms with Crippen molar-refractivity contribution in [1.82, 2.24) is 0 Å². The van der Waals surface area contributed by atoms with Crippen LogP contribution in [-0.4, -0.2) is 15.3 Å². The summed E-state index contributed by atoms with van der Waals surface area (Å²) in [7, 11) is 0. The Morgan fingerprint density at radius 1 is 0.852 bits per heavy atom. The van der Waals surface area contributed by atoms with Crippen molar-refractivity contribution in [1.29, 1.82) is 0 Å². The molecule has 0 atom stereocenters. The van der Waals surface area contributed by atoms with E-state index in [4.69, 9.17) is 11.5 Å². The van der Waals surface area contributed by atoms with E-state index in [9.17, 15) is 15.3 Å². The van der Waals surface area contributed by atoms with E-state index in [0.717, 1.165) is 29.5 Å². The number of aryl methyl sites for hydroxylation is 1. The van der Waals surface area contributed by atoms with Crippen LogP contribution < -0.4 is 11.5 Å². The Balaban J connectivity index is 1.71. The maximum absolute atomic E-state index is 9.79. The normalized spacial score (nSPS) is 11.1. The zero-order valence-electron chi connectivity index (χ0n) is 14.8. The van der Waals surface area contributed by atoms with Crippen molar-refractivity contribution in [2.24, 2.45) is 0 Å². The van der Waals surface area contributed by atoms with Gasteiger partial charge in [-0.3, -0.25) is 0 Å². The topological polar surface area (TPSA) is 113 Å². The van der Waals surface area contributed by atoms with Crippen LogP contribution in [0, 0.1) is 0 Å². The molecule has 5 heteroatoms. The molecule has 0 aliphatic carbocycles. The molecule has 3 aromatic carbocycles. The molecule has 3 rings (SSSR count). The maximum Gasteiger partial charge on any atom is 0.181 e. The number of hydrogen-bond donors (Lipinski definition) is 5. The molecule has 27 heavy (non-hydrogen) atoms. The first-order valence-corrected chi connectivity index (χ1v) is 8.60. The lowest BCUT2D eigenvalue weighted by atomic mass is 9.99. The first-order valence-electron chi connectivity index (χ1n) is 8.60. The lowest BCUT2D eigenvalue weighted by Crippen LogP contribution is -1.94. The van der Waals surface area contributed by atoms with Crippen molar-refractivity contribution in [3.8, 4) is 28.4 Å². The minimum atomic E-state index is -0.329. The summed E-state index contributed by atoms with van der Waals surface area (Å²) in [4.78, 5) is 0. The zero-order valence-corrected chi connectivity index (χ0v) is 14.8. The standard InChI is InChI=1S/C22H22N2O3/c23-19-13-16(18-11-12-20(26)22(27)21(18)24)8-7-15(19)4-2-1-3-14-5-9-17(25)10-6-14/h2,4-13,25-27H,1,3,23-24H2/b4-2+. The summed E-state index contributed by atoms with van der Waals surface area (Å²) in [6.45, 7) is 0. The van der Waals surface area contributed by atoms with Crippen LogP contribution in [0.1, 0.15) is 17.5 Å². The van der Waals surface area contributed by atoms with Crippen LogP contribution >= 0.6 is 0 Å². The number of rotatable bonds is 5. The Morgan fingerprint density at radius 3 is 2.30 bits per heavy atom. The molecule has 138 valence electrons. The fourth-order valence-electron chi connectivity index (χ4n) is 2.87. The Kier molecular flexibility index (Phi) is 5.22. The van der Waals surface area contributed by atoms with Gasteiger partial charge in [0.15, 0.2) is 11.5 Å². The lowest BCUT2D eigenvalue weighted by Gasteiger charge is -2.10. The van der Waals surface area contributed by atoms with Crippen LogP contribution in [0.15, 0.2) is 60.7 Å². The molecule has 0 radical (unpaired) electrons. The summed E-state index contributed by atoms with van der Waals surface area (Å²) in [5, 5.41) is 28.6. The Labute approximate surface area is 157 Å². The van der Waals surface area contributed by atoms with Crippen molar-refractivity contribution in [3.63, 3.8) is 0 Å². The second-order valence-corrected chi connectivity index (χ2v) is 6.35. The SMILES string of the molecule is Nc1cc(-c2ccc(O)c(O)c2N)ccc1/C=C/CCc1ccc(O)cc1. The zero-order chi connectivity index (χ0) is 19.4. The fourth-order valence-corrected chi connectivity index (χ4v) is 2.87. The molecule has 7 N–H and O–H groups in total. The van der Waals surface area contributed by atoms with Gasteiger partial charge in [0.1, 0.15) is 5.75 Å². The number of hydrogen-bond acceptors (Lipinski definition) is 5. The summed E-state index contributed by atoms with van der Waals surface area (Å²) >= 11 is 0. The predicted octanol–water partition coefficient (Wildman–Crippen LogP) is 4.28. The number of phenolic OH excluding ortho intramolecular Hbond substituents is 3. The van der Waals surface area contributed by atoms with Crippen LogP contribution in [0.5, 0.6) is 17.2 Å². The third kappa shape index (κ3) is 4.15. The van der Waals surface area contributed by atoms with E-state index in [2.05, 4.69) is 6.08 Å². The molecule has 5 nitrogen and oxygen atoms in total. The maximum atomic E-state index is 9.79. The fraction of sp³-hybridized carbons (Fsp3) is 0.0909. The van der Waals surface area contributed by atoms with Crippen molar-refractivity contribution in [2.45, 2.75) is 12.8 Å². The number of benzene rings is 3. The van der Waals surface area contributed by atoms with Gasteiger partial charge in [-0.05, 0) is 59.9 Å². The van der Waals surface area contributed by atoms with Gasteiger partial charge in [0.05, 0.1) is 5.69 Å². The van der Waals surface area contributed by atoms with E-state index in [0.29, 0.717) is 11.3 Å². The molecule has 0 bridgehead atoms. The average molecular weight is 362 g/mol. The van der Waals surface area contributed by atoms with E-state index >= 15 is 0 Å². The number of anilines is 2. The summed E-state index contributed by atoms with van der Waals surface area (Å²) < 4.78 is 0. The minimum Gasteiger partial charge on any atom is -0.508 e. The highest BCUT2D eigenvalue weighted by Gasteiger charge is 2.11. The minimum absolute atomic E-state index is 0.117. The summed E-state index contributed by atoms with van der Waals surface area (Å²) in [5.74, 6) is -0.314. The largest absolute Gasteiger partial charge is 0.508 e. The van der Waals surface area contributed by atoms with Crippen LogP contribution in [0.3, 0.4) is 0 Å². The molecule has 0 saturated carbocycles. The Hall–Kier alpha value is -3.60. The van der Waals surface area contributed by atoms with E-state index in [1.165, 1.54) is 6.07 Å².